The van der Waals surface area contributed by atoms with Crippen LogP contribution >= 0.6 is 0 Å². The third-order valence-corrected chi connectivity index (χ3v) is 11.7. The van der Waals surface area contributed by atoms with Gasteiger partial charge in [-0.1, -0.05) is 194 Å². The summed E-state index contributed by atoms with van der Waals surface area (Å²) in [5.74, 6) is 0. The van der Waals surface area contributed by atoms with E-state index < -0.39 is 0 Å². The second-order valence-corrected chi connectivity index (χ2v) is 15.2. The highest BCUT2D eigenvalue weighted by molar-refractivity contribution is 6.09. The maximum atomic E-state index is 6.48. The maximum absolute atomic E-state index is 6.48. The SMILES string of the molecule is c1ccc(-c2ccccc2-c2c(-c3ccccc3)cccc2N(c2ccc(-c3ccc4ccccc4c3)cc2)c2ccc(-c3cccc4c3oc3ccccc34)cc2)cc1. The van der Waals surface area contributed by atoms with E-state index in [1.165, 1.54) is 44.2 Å². The molecule has 2 nitrogen and oxygen atoms in total. The second-order valence-electron chi connectivity index (χ2n) is 15.2. The minimum atomic E-state index is 0.900. The molecule has 0 aliphatic carbocycles. The summed E-state index contributed by atoms with van der Waals surface area (Å²) in [7, 11) is 0. The van der Waals surface area contributed by atoms with Crippen molar-refractivity contribution in [1.29, 1.82) is 0 Å². The number of hydrogen-bond acceptors (Lipinski definition) is 2. The van der Waals surface area contributed by atoms with Crippen LogP contribution in [0.1, 0.15) is 0 Å². The molecule has 0 spiro atoms. The van der Waals surface area contributed by atoms with Crippen molar-refractivity contribution in [3.63, 3.8) is 0 Å². The zero-order valence-electron chi connectivity index (χ0n) is 32.9. The Kier molecular flexibility index (Phi) is 8.87. The van der Waals surface area contributed by atoms with Gasteiger partial charge >= 0.3 is 0 Å². The number of benzene rings is 10. The Labute approximate surface area is 349 Å². The Morgan fingerprint density at radius 1 is 0.300 bits per heavy atom. The molecule has 60 heavy (non-hydrogen) atoms. The van der Waals surface area contributed by atoms with Gasteiger partial charge in [-0.2, -0.15) is 0 Å². The lowest BCUT2D eigenvalue weighted by atomic mass is 9.87. The van der Waals surface area contributed by atoms with Crippen LogP contribution in [-0.2, 0) is 0 Å². The molecule has 11 aromatic rings. The minimum Gasteiger partial charge on any atom is -0.455 e. The van der Waals surface area contributed by atoms with Crippen LogP contribution in [0.3, 0.4) is 0 Å². The van der Waals surface area contributed by atoms with E-state index in [1.807, 2.05) is 12.1 Å². The van der Waals surface area contributed by atoms with Crippen molar-refractivity contribution in [1.82, 2.24) is 0 Å². The number of rotatable bonds is 8. The van der Waals surface area contributed by atoms with E-state index in [1.54, 1.807) is 0 Å². The van der Waals surface area contributed by atoms with Gasteiger partial charge in [-0.05, 0) is 97.7 Å². The number of furan rings is 1. The number of para-hydroxylation sites is 2. The molecule has 0 saturated heterocycles. The lowest BCUT2D eigenvalue weighted by Gasteiger charge is -2.30. The predicted molar refractivity (Wildman–Crippen MR) is 253 cm³/mol. The third-order valence-electron chi connectivity index (χ3n) is 11.7. The molecule has 2 heteroatoms. The molecule has 0 fully saturated rings. The molecule has 0 aliphatic heterocycles. The van der Waals surface area contributed by atoms with Crippen LogP contribution in [0.4, 0.5) is 17.1 Å². The highest BCUT2D eigenvalue weighted by Crippen LogP contribution is 2.48. The van der Waals surface area contributed by atoms with E-state index >= 15 is 0 Å². The summed E-state index contributed by atoms with van der Waals surface area (Å²) in [5, 5.41) is 4.73. The summed E-state index contributed by atoms with van der Waals surface area (Å²) in [6, 6.07) is 85.0. The van der Waals surface area contributed by atoms with Gasteiger partial charge < -0.3 is 9.32 Å². The number of nitrogens with zero attached hydrogens (tertiary/aromatic N) is 1. The van der Waals surface area contributed by atoms with E-state index in [-0.39, 0.29) is 0 Å². The van der Waals surface area contributed by atoms with Gasteiger partial charge in [0.05, 0.1) is 5.69 Å². The van der Waals surface area contributed by atoms with Crippen LogP contribution in [0.25, 0.3) is 88.3 Å². The van der Waals surface area contributed by atoms with Crippen LogP contribution in [0.15, 0.2) is 241 Å². The van der Waals surface area contributed by atoms with Gasteiger partial charge in [0.1, 0.15) is 11.2 Å². The van der Waals surface area contributed by atoms with Crippen molar-refractivity contribution in [2.45, 2.75) is 0 Å². The fraction of sp³-hybridized carbons (Fsp3) is 0. The Morgan fingerprint density at radius 2 is 0.817 bits per heavy atom. The molecular weight excluding hydrogens is 727 g/mol. The zero-order chi connectivity index (χ0) is 39.8. The molecule has 282 valence electrons. The Morgan fingerprint density at radius 3 is 1.57 bits per heavy atom. The smallest absolute Gasteiger partial charge is 0.143 e. The fourth-order valence-corrected chi connectivity index (χ4v) is 8.80. The van der Waals surface area contributed by atoms with E-state index in [9.17, 15) is 0 Å². The number of hydrogen-bond donors (Lipinski definition) is 0. The average molecular weight is 766 g/mol. The molecule has 0 amide bonds. The first-order valence-corrected chi connectivity index (χ1v) is 20.5. The van der Waals surface area contributed by atoms with Crippen LogP contribution in [0, 0.1) is 0 Å². The molecule has 1 heterocycles. The van der Waals surface area contributed by atoms with Crippen LogP contribution in [0.2, 0.25) is 0 Å². The van der Waals surface area contributed by atoms with Gasteiger partial charge in [0.2, 0.25) is 0 Å². The zero-order valence-corrected chi connectivity index (χ0v) is 32.9. The molecule has 0 N–H and O–H groups in total. The van der Waals surface area contributed by atoms with Crippen molar-refractivity contribution in [2.24, 2.45) is 0 Å². The summed E-state index contributed by atoms with van der Waals surface area (Å²) in [4.78, 5) is 2.42. The van der Waals surface area contributed by atoms with Crippen molar-refractivity contribution >= 4 is 49.8 Å². The Bertz CT molecular complexity index is 3290. The van der Waals surface area contributed by atoms with E-state index in [4.69, 9.17) is 4.42 Å². The summed E-state index contributed by atoms with van der Waals surface area (Å²) < 4.78 is 6.48. The highest BCUT2D eigenvalue weighted by atomic mass is 16.3. The average Bonchev–Trinajstić information content (AvgIpc) is 3.72. The van der Waals surface area contributed by atoms with E-state index in [0.717, 1.165) is 61.3 Å². The normalized spacial score (nSPS) is 11.3. The van der Waals surface area contributed by atoms with E-state index in [0.29, 0.717) is 0 Å². The van der Waals surface area contributed by atoms with Gasteiger partial charge in [0.15, 0.2) is 0 Å². The van der Waals surface area contributed by atoms with Crippen molar-refractivity contribution in [2.75, 3.05) is 4.90 Å². The first kappa shape index (κ1) is 35.2. The summed E-state index contributed by atoms with van der Waals surface area (Å²) in [6.07, 6.45) is 0. The quantitative estimate of drug-likeness (QED) is 0.153. The van der Waals surface area contributed by atoms with Gasteiger partial charge in [0, 0.05) is 33.3 Å². The first-order chi connectivity index (χ1) is 29.8. The molecule has 0 saturated carbocycles. The van der Waals surface area contributed by atoms with Gasteiger partial charge in [-0.25, -0.2) is 0 Å². The lowest BCUT2D eigenvalue weighted by molar-refractivity contribution is 0.670. The Balaban J connectivity index is 1.11. The molecule has 0 radical (unpaired) electrons. The number of anilines is 3. The molecule has 0 atom stereocenters. The summed E-state index contributed by atoms with van der Waals surface area (Å²) >= 11 is 0. The molecule has 1 aromatic heterocycles. The molecule has 0 aliphatic rings. The first-order valence-electron chi connectivity index (χ1n) is 20.5. The van der Waals surface area contributed by atoms with E-state index in [2.05, 4.69) is 229 Å². The molecule has 10 aromatic carbocycles. The third kappa shape index (κ3) is 6.32. The minimum absolute atomic E-state index is 0.900. The molecule has 0 bridgehead atoms. The standard InChI is InChI=1S/C58H39NO/c1-3-16-42(17-4-1)49-21-9-10-23-53(49)57-50(43-18-5-2-6-19-43)24-14-27-55(57)59(47-35-31-41(32-36-47)46-30-29-40-15-7-8-20-45(40)39-46)48-37-33-44(34-38-48)51-25-13-26-54-52-22-11-12-28-56(52)60-58(51)54/h1-39H. The fourth-order valence-electron chi connectivity index (χ4n) is 8.80. The van der Waals surface area contributed by atoms with Crippen LogP contribution in [0.5, 0.6) is 0 Å². The monoisotopic (exact) mass is 765 g/mol. The summed E-state index contributed by atoms with van der Waals surface area (Å²) in [6.45, 7) is 0. The highest BCUT2D eigenvalue weighted by Gasteiger charge is 2.23. The van der Waals surface area contributed by atoms with Crippen LogP contribution in [-0.4, -0.2) is 0 Å². The molecular formula is C58H39NO. The van der Waals surface area contributed by atoms with Crippen LogP contribution < -0.4 is 4.90 Å². The van der Waals surface area contributed by atoms with Crippen molar-refractivity contribution < 1.29 is 4.42 Å². The second kappa shape index (κ2) is 15.1. The number of fused-ring (bicyclic) bond motifs is 4. The van der Waals surface area contributed by atoms with Gasteiger partial charge in [-0.15, -0.1) is 0 Å². The maximum Gasteiger partial charge on any atom is 0.143 e. The Hall–Kier alpha value is -7.94. The largest absolute Gasteiger partial charge is 0.455 e. The van der Waals surface area contributed by atoms with Crippen molar-refractivity contribution in [3.8, 4) is 55.6 Å². The van der Waals surface area contributed by atoms with Crippen molar-refractivity contribution in [3.05, 3.63) is 237 Å². The van der Waals surface area contributed by atoms with Gasteiger partial charge in [0.25, 0.3) is 0 Å². The molecule has 11 rings (SSSR count). The molecule has 0 unspecified atom stereocenters. The summed E-state index contributed by atoms with van der Waals surface area (Å²) in [5.41, 5.74) is 16.6. The van der Waals surface area contributed by atoms with Gasteiger partial charge in [-0.3, -0.25) is 0 Å². The topological polar surface area (TPSA) is 16.4 Å². The lowest BCUT2D eigenvalue weighted by Crippen LogP contribution is -2.12. The predicted octanol–water partition coefficient (Wildman–Crippen LogP) is 16.5.